The highest BCUT2D eigenvalue weighted by molar-refractivity contribution is 5.94. The maximum Gasteiger partial charge on any atom is 0.261 e. The number of pyridine rings is 1. The van der Waals surface area contributed by atoms with Gasteiger partial charge in [0.1, 0.15) is 11.3 Å². The van der Waals surface area contributed by atoms with E-state index in [-0.39, 0.29) is 22.8 Å². The monoisotopic (exact) mass is 381 g/mol. The van der Waals surface area contributed by atoms with Crippen molar-refractivity contribution in [1.82, 2.24) is 15.2 Å². The van der Waals surface area contributed by atoms with Crippen LogP contribution in [-0.4, -0.2) is 48.4 Å². The molecule has 7 heteroatoms. The molecule has 0 aliphatic carbocycles. The van der Waals surface area contributed by atoms with Gasteiger partial charge in [-0.2, -0.15) is 0 Å². The Kier molecular flexibility index (Phi) is 4.66. The number of likely N-dealkylation sites (tertiary alicyclic amines) is 1. The quantitative estimate of drug-likeness (QED) is 0.848. The molecule has 2 aliphatic heterocycles. The maximum absolute atomic E-state index is 12.8. The topological polar surface area (TPSA) is 91.5 Å². The van der Waals surface area contributed by atoms with Gasteiger partial charge in [-0.15, -0.1) is 0 Å². The maximum atomic E-state index is 12.8. The molecule has 3 heterocycles. The van der Waals surface area contributed by atoms with Gasteiger partial charge in [0.25, 0.3) is 11.5 Å². The minimum absolute atomic E-state index is 0.0984. The molecular formula is C21H23N3O4. The van der Waals surface area contributed by atoms with E-state index in [1.165, 1.54) is 0 Å². The van der Waals surface area contributed by atoms with Crippen molar-refractivity contribution in [2.24, 2.45) is 5.41 Å². The van der Waals surface area contributed by atoms with Gasteiger partial charge in [-0.05, 0) is 61.2 Å². The minimum Gasteiger partial charge on any atom is -0.497 e. The number of methoxy groups -OCH3 is 1. The number of H-pyrrole nitrogens is 1. The fourth-order valence-electron chi connectivity index (χ4n) is 4.08. The molecule has 146 valence electrons. The first-order valence-corrected chi connectivity index (χ1v) is 9.48. The Bertz CT molecular complexity index is 956. The highest BCUT2D eigenvalue weighted by Crippen LogP contribution is 2.38. The Morgan fingerprint density at radius 2 is 1.75 bits per heavy atom. The zero-order valence-electron chi connectivity index (χ0n) is 15.8. The van der Waals surface area contributed by atoms with Crippen molar-refractivity contribution < 1.29 is 14.3 Å². The first kappa shape index (κ1) is 18.3. The Morgan fingerprint density at radius 3 is 2.32 bits per heavy atom. The number of carbonyl (C=O) groups excluding carboxylic acids is 2. The van der Waals surface area contributed by atoms with Gasteiger partial charge >= 0.3 is 0 Å². The fraction of sp³-hybridized carbons (Fsp3) is 0.381. The van der Waals surface area contributed by atoms with Gasteiger partial charge in [-0.25, -0.2) is 0 Å². The molecule has 2 amide bonds. The summed E-state index contributed by atoms with van der Waals surface area (Å²) < 4.78 is 5.14. The molecule has 2 aromatic rings. The average Bonchev–Trinajstić information content (AvgIpc) is 3.07. The SMILES string of the molecule is COc1ccc(-c2ccc(C(=O)N3CCC4(CCNC4=O)CC3)c(=O)[nH]2)cc1. The summed E-state index contributed by atoms with van der Waals surface area (Å²) in [6.45, 7) is 1.69. The van der Waals surface area contributed by atoms with Crippen LogP contribution >= 0.6 is 0 Å². The van der Waals surface area contributed by atoms with Crippen LogP contribution in [0.25, 0.3) is 11.3 Å². The van der Waals surface area contributed by atoms with Crippen LogP contribution in [0, 0.1) is 5.41 Å². The van der Waals surface area contributed by atoms with Crippen LogP contribution in [0.4, 0.5) is 0 Å². The van der Waals surface area contributed by atoms with Crippen molar-refractivity contribution in [2.75, 3.05) is 26.7 Å². The summed E-state index contributed by atoms with van der Waals surface area (Å²) in [5, 5.41) is 2.89. The highest BCUT2D eigenvalue weighted by atomic mass is 16.5. The Hall–Kier alpha value is -3.09. The lowest BCUT2D eigenvalue weighted by molar-refractivity contribution is -0.129. The molecule has 0 saturated carbocycles. The van der Waals surface area contributed by atoms with Crippen LogP contribution in [-0.2, 0) is 4.79 Å². The number of carbonyl (C=O) groups is 2. The Labute approximate surface area is 162 Å². The summed E-state index contributed by atoms with van der Waals surface area (Å²) in [4.78, 5) is 41.9. The second kappa shape index (κ2) is 7.14. The third-order valence-electron chi connectivity index (χ3n) is 5.92. The number of amides is 2. The van der Waals surface area contributed by atoms with Crippen molar-refractivity contribution in [3.8, 4) is 17.0 Å². The molecule has 7 nitrogen and oxygen atoms in total. The smallest absolute Gasteiger partial charge is 0.261 e. The van der Waals surface area contributed by atoms with Crippen molar-refractivity contribution in [2.45, 2.75) is 19.3 Å². The molecule has 28 heavy (non-hydrogen) atoms. The standard InChI is InChI=1S/C21H23N3O4/c1-28-15-4-2-14(3-5-15)17-7-6-16(18(25)23-17)19(26)24-12-9-21(10-13-24)8-11-22-20(21)27/h2-7H,8-13H2,1H3,(H,22,27)(H,23,25). The number of hydrogen-bond donors (Lipinski definition) is 2. The summed E-state index contributed by atoms with van der Waals surface area (Å²) in [6.07, 6.45) is 2.11. The van der Waals surface area contributed by atoms with Crippen LogP contribution in [0.15, 0.2) is 41.2 Å². The van der Waals surface area contributed by atoms with Gasteiger partial charge in [-0.3, -0.25) is 14.4 Å². The zero-order valence-corrected chi connectivity index (χ0v) is 15.8. The van der Waals surface area contributed by atoms with E-state index in [0.29, 0.717) is 38.2 Å². The molecule has 4 rings (SSSR count). The molecule has 2 fully saturated rings. The lowest BCUT2D eigenvalue weighted by Gasteiger charge is -2.37. The summed E-state index contributed by atoms with van der Waals surface area (Å²) in [7, 11) is 1.60. The molecule has 0 bridgehead atoms. The van der Waals surface area contributed by atoms with Crippen molar-refractivity contribution >= 4 is 11.8 Å². The van der Waals surface area contributed by atoms with Crippen molar-refractivity contribution in [3.63, 3.8) is 0 Å². The number of piperidine rings is 1. The van der Waals surface area contributed by atoms with Crippen LogP contribution in [0.1, 0.15) is 29.6 Å². The number of aromatic nitrogens is 1. The van der Waals surface area contributed by atoms with E-state index >= 15 is 0 Å². The number of nitrogens with one attached hydrogen (secondary N) is 2. The van der Waals surface area contributed by atoms with E-state index in [4.69, 9.17) is 4.74 Å². The number of rotatable bonds is 3. The van der Waals surface area contributed by atoms with Gasteiger partial charge in [0.15, 0.2) is 0 Å². The largest absolute Gasteiger partial charge is 0.497 e. The number of aromatic amines is 1. The van der Waals surface area contributed by atoms with Gasteiger partial charge in [0.2, 0.25) is 5.91 Å². The van der Waals surface area contributed by atoms with Crippen LogP contribution in [0.5, 0.6) is 5.75 Å². The molecule has 2 aliphatic rings. The number of benzene rings is 1. The molecule has 0 unspecified atom stereocenters. The van der Waals surface area contributed by atoms with E-state index in [1.807, 2.05) is 24.3 Å². The Balaban J connectivity index is 1.49. The number of hydrogen-bond acceptors (Lipinski definition) is 4. The Morgan fingerprint density at radius 1 is 1.04 bits per heavy atom. The van der Waals surface area contributed by atoms with Crippen molar-refractivity contribution in [1.29, 1.82) is 0 Å². The normalized spacial score (nSPS) is 18.2. The molecule has 0 radical (unpaired) electrons. The summed E-state index contributed by atoms with van der Waals surface area (Å²) >= 11 is 0. The average molecular weight is 381 g/mol. The highest BCUT2D eigenvalue weighted by Gasteiger charge is 2.45. The second-order valence-electron chi connectivity index (χ2n) is 7.42. The first-order chi connectivity index (χ1) is 13.5. The van der Waals surface area contributed by atoms with Crippen molar-refractivity contribution in [3.05, 3.63) is 52.3 Å². The minimum atomic E-state index is -0.405. The van der Waals surface area contributed by atoms with Gasteiger partial charge in [-0.1, -0.05) is 0 Å². The van der Waals surface area contributed by atoms with Crippen LogP contribution < -0.4 is 15.6 Å². The van der Waals surface area contributed by atoms with E-state index in [2.05, 4.69) is 10.3 Å². The lowest BCUT2D eigenvalue weighted by atomic mass is 9.77. The molecule has 1 aromatic carbocycles. The predicted molar refractivity (Wildman–Crippen MR) is 104 cm³/mol. The summed E-state index contributed by atoms with van der Waals surface area (Å²) in [5.41, 5.74) is 0.872. The van der Waals surface area contributed by atoms with Gasteiger partial charge < -0.3 is 19.9 Å². The van der Waals surface area contributed by atoms with Gasteiger partial charge in [0.05, 0.1) is 12.5 Å². The molecule has 0 atom stereocenters. The van der Waals surface area contributed by atoms with Crippen LogP contribution in [0.2, 0.25) is 0 Å². The number of ether oxygens (including phenoxy) is 1. The van der Waals surface area contributed by atoms with E-state index in [9.17, 15) is 14.4 Å². The van der Waals surface area contributed by atoms with E-state index < -0.39 is 5.56 Å². The molecule has 1 aromatic heterocycles. The summed E-state index contributed by atoms with van der Waals surface area (Å²) in [5.74, 6) is 0.550. The molecule has 2 N–H and O–H groups in total. The molecule has 1 spiro atoms. The third kappa shape index (κ3) is 3.17. The van der Waals surface area contributed by atoms with E-state index in [1.54, 1.807) is 24.1 Å². The van der Waals surface area contributed by atoms with E-state index in [0.717, 1.165) is 17.7 Å². The fourth-order valence-corrected chi connectivity index (χ4v) is 4.08. The summed E-state index contributed by atoms with van der Waals surface area (Å²) in [6, 6.07) is 10.6. The first-order valence-electron chi connectivity index (χ1n) is 9.48. The molecule has 2 saturated heterocycles. The number of nitrogens with zero attached hydrogens (tertiary/aromatic N) is 1. The molecular weight excluding hydrogens is 358 g/mol. The second-order valence-corrected chi connectivity index (χ2v) is 7.42. The predicted octanol–water partition coefficient (Wildman–Crippen LogP) is 1.79. The lowest BCUT2D eigenvalue weighted by Crippen LogP contribution is -2.47. The van der Waals surface area contributed by atoms with Crippen LogP contribution in [0.3, 0.4) is 0 Å². The zero-order chi connectivity index (χ0) is 19.7. The van der Waals surface area contributed by atoms with Gasteiger partial charge in [0, 0.05) is 25.3 Å². The third-order valence-corrected chi connectivity index (χ3v) is 5.92.